The Morgan fingerprint density at radius 2 is 2.00 bits per heavy atom. The van der Waals surface area contributed by atoms with E-state index in [-0.39, 0.29) is 4.21 Å². The van der Waals surface area contributed by atoms with E-state index in [1.807, 2.05) is 0 Å². The number of sulfonamides is 1. The molecule has 92 valence electrons. The fourth-order valence-electron chi connectivity index (χ4n) is 1.50. The third-order valence-electron chi connectivity index (χ3n) is 2.29. The van der Waals surface area contributed by atoms with Crippen molar-refractivity contribution in [3.05, 3.63) is 35.7 Å². The zero-order valence-corrected chi connectivity index (χ0v) is 11.3. The molecule has 0 atom stereocenters. The van der Waals surface area contributed by atoms with Crippen LogP contribution in [0.2, 0.25) is 0 Å². The lowest BCUT2D eigenvalue weighted by Crippen LogP contribution is -2.11. The topological polar surface area (TPSA) is 72.0 Å². The first-order chi connectivity index (χ1) is 8.67. The van der Waals surface area contributed by atoms with Gasteiger partial charge in [-0.05, 0) is 23.6 Å². The molecule has 3 rings (SSSR count). The standard InChI is InChI=1S/C10H7N3O2S3/c14-18(15,9-5-2-6-16-9)13-8-4-1-3-7-10(8)12-17-11-7/h1-6,13H. The highest BCUT2D eigenvalue weighted by Crippen LogP contribution is 2.25. The second-order valence-electron chi connectivity index (χ2n) is 3.48. The number of nitrogens with zero attached hydrogens (tertiary/aromatic N) is 2. The van der Waals surface area contributed by atoms with Gasteiger partial charge in [-0.1, -0.05) is 12.1 Å². The first-order valence-corrected chi connectivity index (χ1v) is 8.04. The van der Waals surface area contributed by atoms with Crippen molar-refractivity contribution in [2.24, 2.45) is 0 Å². The Morgan fingerprint density at radius 3 is 2.78 bits per heavy atom. The van der Waals surface area contributed by atoms with Crippen LogP contribution in [0.15, 0.2) is 39.9 Å². The van der Waals surface area contributed by atoms with Gasteiger partial charge in [0.2, 0.25) is 0 Å². The zero-order chi connectivity index (χ0) is 12.6. The van der Waals surface area contributed by atoms with Crippen molar-refractivity contribution < 1.29 is 8.42 Å². The molecule has 1 aromatic carbocycles. The van der Waals surface area contributed by atoms with Crippen LogP contribution >= 0.6 is 23.1 Å². The minimum atomic E-state index is -3.53. The lowest BCUT2D eigenvalue weighted by molar-refractivity contribution is 0.603. The summed E-state index contributed by atoms with van der Waals surface area (Å²) in [6.07, 6.45) is 0. The maximum atomic E-state index is 12.1. The van der Waals surface area contributed by atoms with Crippen LogP contribution in [0.4, 0.5) is 5.69 Å². The first-order valence-electron chi connectivity index (χ1n) is 4.94. The highest BCUT2D eigenvalue weighted by molar-refractivity contribution is 7.94. The molecule has 0 aliphatic heterocycles. The summed E-state index contributed by atoms with van der Waals surface area (Å²) in [4.78, 5) is 0. The van der Waals surface area contributed by atoms with Gasteiger partial charge < -0.3 is 0 Å². The van der Waals surface area contributed by atoms with E-state index in [2.05, 4.69) is 13.5 Å². The Labute approximate surface area is 111 Å². The summed E-state index contributed by atoms with van der Waals surface area (Å²) in [6, 6.07) is 8.48. The van der Waals surface area contributed by atoms with Crippen molar-refractivity contribution in [1.82, 2.24) is 8.75 Å². The van der Waals surface area contributed by atoms with E-state index in [1.54, 1.807) is 35.7 Å². The molecule has 0 aliphatic rings. The number of aromatic nitrogens is 2. The summed E-state index contributed by atoms with van der Waals surface area (Å²) in [6.45, 7) is 0. The van der Waals surface area contributed by atoms with Crippen LogP contribution in [-0.2, 0) is 10.0 Å². The SMILES string of the molecule is O=S(=O)(Nc1cccc2nsnc12)c1cccs1. The van der Waals surface area contributed by atoms with E-state index in [4.69, 9.17) is 0 Å². The van der Waals surface area contributed by atoms with E-state index in [0.29, 0.717) is 16.7 Å². The summed E-state index contributed by atoms with van der Waals surface area (Å²) >= 11 is 2.23. The van der Waals surface area contributed by atoms with Crippen molar-refractivity contribution in [3.63, 3.8) is 0 Å². The highest BCUT2D eigenvalue weighted by atomic mass is 32.2. The van der Waals surface area contributed by atoms with Gasteiger partial charge in [-0.15, -0.1) is 11.3 Å². The summed E-state index contributed by atoms with van der Waals surface area (Å²) in [5.41, 5.74) is 1.71. The Bertz CT molecular complexity index is 778. The average Bonchev–Trinajstić information content (AvgIpc) is 3.00. The summed E-state index contributed by atoms with van der Waals surface area (Å²) in [5, 5.41) is 1.72. The fraction of sp³-hybridized carbons (Fsp3) is 0. The molecule has 0 amide bonds. The molecule has 0 bridgehead atoms. The number of nitrogens with one attached hydrogen (secondary N) is 1. The van der Waals surface area contributed by atoms with E-state index in [9.17, 15) is 8.42 Å². The number of hydrogen-bond donors (Lipinski definition) is 1. The molecule has 0 fully saturated rings. The molecule has 0 saturated carbocycles. The van der Waals surface area contributed by atoms with E-state index in [1.165, 1.54) is 11.3 Å². The Kier molecular flexibility index (Phi) is 2.77. The number of thiophene rings is 1. The van der Waals surface area contributed by atoms with Gasteiger partial charge >= 0.3 is 0 Å². The molecule has 1 N–H and O–H groups in total. The maximum absolute atomic E-state index is 12.1. The van der Waals surface area contributed by atoms with Gasteiger partial charge in [-0.3, -0.25) is 4.72 Å². The number of fused-ring (bicyclic) bond motifs is 1. The molecule has 3 aromatic rings. The van der Waals surface area contributed by atoms with Crippen LogP contribution in [-0.4, -0.2) is 17.2 Å². The molecule has 0 radical (unpaired) electrons. The van der Waals surface area contributed by atoms with Crippen molar-refractivity contribution in [2.45, 2.75) is 4.21 Å². The number of hydrogen-bond acceptors (Lipinski definition) is 6. The molecule has 0 spiro atoms. The first kappa shape index (κ1) is 11.6. The van der Waals surface area contributed by atoms with E-state index >= 15 is 0 Å². The van der Waals surface area contributed by atoms with Crippen molar-refractivity contribution in [2.75, 3.05) is 4.72 Å². The van der Waals surface area contributed by atoms with Crippen LogP contribution in [0.1, 0.15) is 0 Å². The molecule has 0 aliphatic carbocycles. The Balaban J connectivity index is 2.05. The highest BCUT2D eigenvalue weighted by Gasteiger charge is 2.17. The second-order valence-corrected chi connectivity index (χ2v) is 6.86. The van der Waals surface area contributed by atoms with Gasteiger partial charge in [0.25, 0.3) is 10.0 Å². The van der Waals surface area contributed by atoms with Crippen LogP contribution < -0.4 is 4.72 Å². The molecule has 2 heterocycles. The van der Waals surface area contributed by atoms with Gasteiger partial charge in [0.05, 0.1) is 17.4 Å². The number of benzene rings is 1. The third-order valence-corrected chi connectivity index (χ3v) is 5.60. The maximum Gasteiger partial charge on any atom is 0.271 e. The average molecular weight is 297 g/mol. The predicted octanol–water partition coefficient (Wildman–Crippen LogP) is 2.55. The molecule has 8 heteroatoms. The predicted molar refractivity (Wildman–Crippen MR) is 72.5 cm³/mol. The summed E-state index contributed by atoms with van der Waals surface area (Å²) in [7, 11) is -3.53. The number of rotatable bonds is 3. The van der Waals surface area contributed by atoms with E-state index < -0.39 is 10.0 Å². The summed E-state index contributed by atoms with van der Waals surface area (Å²) in [5.74, 6) is 0. The lowest BCUT2D eigenvalue weighted by Gasteiger charge is -2.05. The third kappa shape index (κ3) is 1.98. The minimum absolute atomic E-state index is 0.280. The molecule has 0 unspecified atom stereocenters. The Hall–Kier alpha value is -1.51. The largest absolute Gasteiger partial charge is 0.277 e. The monoisotopic (exact) mass is 297 g/mol. The van der Waals surface area contributed by atoms with Gasteiger partial charge in [-0.2, -0.15) is 8.75 Å². The summed E-state index contributed by atoms with van der Waals surface area (Å²) < 4.78 is 35.1. The second kappa shape index (κ2) is 4.30. The van der Waals surface area contributed by atoms with Gasteiger partial charge in [0.15, 0.2) is 0 Å². The van der Waals surface area contributed by atoms with Crippen molar-refractivity contribution >= 4 is 49.8 Å². The molecular formula is C10H7N3O2S3. The fourth-order valence-corrected chi connectivity index (χ4v) is 4.11. The van der Waals surface area contributed by atoms with Crippen LogP contribution in [0.3, 0.4) is 0 Å². The van der Waals surface area contributed by atoms with Crippen molar-refractivity contribution in [1.29, 1.82) is 0 Å². The van der Waals surface area contributed by atoms with Crippen LogP contribution in [0.5, 0.6) is 0 Å². The molecule has 0 saturated heterocycles. The normalized spacial score (nSPS) is 11.8. The van der Waals surface area contributed by atoms with Crippen LogP contribution in [0, 0.1) is 0 Å². The minimum Gasteiger partial charge on any atom is -0.277 e. The van der Waals surface area contributed by atoms with E-state index in [0.717, 1.165) is 11.7 Å². The number of anilines is 1. The molecule has 5 nitrogen and oxygen atoms in total. The molecule has 2 aromatic heterocycles. The zero-order valence-electron chi connectivity index (χ0n) is 8.90. The van der Waals surface area contributed by atoms with Crippen molar-refractivity contribution in [3.8, 4) is 0 Å². The lowest BCUT2D eigenvalue weighted by atomic mass is 10.3. The van der Waals surface area contributed by atoms with Gasteiger partial charge in [0.1, 0.15) is 15.2 Å². The quantitative estimate of drug-likeness (QED) is 0.806. The molecule has 18 heavy (non-hydrogen) atoms. The van der Waals surface area contributed by atoms with Gasteiger partial charge in [-0.25, -0.2) is 8.42 Å². The van der Waals surface area contributed by atoms with Gasteiger partial charge in [0, 0.05) is 0 Å². The van der Waals surface area contributed by atoms with Crippen LogP contribution in [0.25, 0.3) is 11.0 Å². The Morgan fingerprint density at radius 1 is 1.11 bits per heavy atom. The molecular weight excluding hydrogens is 290 g/mol. The smallest absolute Gasteiger partial charge is 0.271 e.